The van der Waals surface area contributed by atoms with E-state index in [-0.39, 0.29) is 6.54 Å². The van der Waals surface area contributed by atoms with Gasteiger partial charge in [-0.05, 0) is 54.1 Å². The van der Waals surface area contributed by atoms with Gasteiger partial charge in [-0.15, -0.1) is 11.3 Å². The molecule has 2 heterocycles. The van der Waals surface area contributed by atoms with Crippen molar-refractivity contribution in [2.24, 2.45) is 0 Å². The zero-order valence-electron chi connectivity index (χ0n) is 23.0. The van der Waals surface area contributed by atoms with Crippen LogP contribution in [0.5, 0.6) is 0 Å². The highest BCUT2D eigenvalue weighted by molar-refractivity contribution is 7.22. The summed E-state index contributed by atoms with van der Waals surface area (Å²) in [5, 5.41) is 0.450. The van der Waals surface area contributed by atoms with E-state index in [1.54, 1.807) is 42.5 Å². The lowest BCUT2D eigenvalue weighted by atomic mass is 10.1. The fraction of sp³-hybridized carbons (Fsp3) is 0.118. The summed E-state index contributed by atoms with van der Waals surface area (Å²) in [7, 11) is 2.01. The monoisotopic (exact) mass is 576 g/mol. The SMILES string of the molecule is CN(Cc1ccccc1)Cc1c(-c2ccc(N)cc2)sc2c1c(=O)n(-c1ccccc1)c(=O)n2Cc1ccccc1F. The third kappa shape index (κ3) is 5.30. The van der Waals surface area contributed by atoms with Gasteiger partial charge in [0, 0.05) is 29.2 Å². The van der Waals surface area contributed by atoms with Gasteiger partial charge < -0.3 is 5.73 Å². The third-order valence-electron chi connectivity index (χ3n) is 7.27. The number of para-hydroxylation sites is 1. The van der Waals surface area contributed by atoms with Gasteiger partial charge in [-0.25, -0.2) is 13.8 Å². The number of hydrogen-bond acceptors (Lipinski definition) is 5. The average Bonchev–Trinajstić information content (AvgIpc) is 3.36. The van der Waals surface area contributed by atoms with Crippen molar-refractivity contribution in [3.63, 3.8) is 0 Å². The topological polar surface area (TPSA) is 73.3 Å². The van der Waals surface area contributed by atoms with Crippen molar-refractivity contribution in [2.75, 3.05) is 12.8 Å². The average molecular weight is 577 g/mol. The van der Waals surface area contributed by atoms with Gasteiger partial charge in [0.2, 0.25) is 0 Å². The van der Waals surface area contributed by atoms with Gasteiger partial charge in [0.05, 0.1) is 17.6 Å². The number of hydrogen-bond donors (Lipinski definition) is 1. The van der Waals surface area contributed by atoms with Crippen molar-refractivity contribution >= 4 is 27.2 Å². The maximum Gasteiger partial charge on any atom is 0.337 e. The highest BCUT2D eigenvalue weighted by atomic mass is 32.1. The van der Waals surface area contributed by atoms with E-state index in [0.717, 1.165) is 21.6 Å². The molecule has 2 aromatic heterocycles. The van der Waals surface area contributed by atoms with Crippen molar-refractivity contribution in [2.45, 2.75) is 19.6 Å². The lowest BCUT2D eigenvalue weighted by Crippen LogP contribution is -2.39. The molecule has 6 nitrogen and oxygen atoms in total. The molecule has 6 aromatic rings. The first-order chi connectivity index (χ1) is 20.4. The van der Waals surface area contributed by atoms with Gasteiger partial charge in [0.15, 0.2) is 0 Å². The molecular weight excluding hydrogens is 547 g/mol. The summed E-state index contributed by atoms with van der Waals surface area (Å²) in [4.78, 5) is 31.9. The zero-order valence-corrected chi connectivity index (χ0v) is 23.9. The number of nitrogens with zero attached hydrogens (tertiary/aromatic N) is 3. The van der Waals surface area contributed by atoms with Crippen LogP contribution in [-0.4, -0.2) is 21.1 Å². The predicted octanol–water partition coefficient (Wildman–Crippen LogP) is 6.28. The number of nitrogens with two attached hydrogens (primary N) is 1. The van der Waals surface area contributed by atoms with E-state index in [1.807, 2.05) is 55.6 Å². The Hall–Kier alpha value is -4.79. The number of rotatable bonds is 8. The number of benzene rings is 4. The second-order valence-corrected chi connectivity index (χ2v) is 11.3. The maximum atomic E-state index is 14.9. The number of nitrogen functional groups attached to an aromatic ring is 1. The summed E-state index contributed by atoms with van der Waals surface area (Å²) in [5.41, 5.74) is 9.39. The van der Waals surface area contributed by atoms with E-state index in [2.05, 4.69) is 17.0 Å². The lowest BCUT2D eigenvalue weighted by molar-refractivity contribution is 0.321. The first-order valence-electron chi connectivity index (χ1n) is 13.6. The number of anilines is 1. The molecular formula is C34H29FN4O2S. The van der Waals surface area contributed by atoms with Crippen molar-refractivity contribution in [1.82, 2.24) is 14.0 Å². The van der Waals surface area contributed by atoms with Crippen LogP contribution in [0.2, 0.25) is 0 Å². The smallest absolute Gasteiger partial charge is 0.337 e. The summed E-state index contributed by atoms with van der Waals surface area (Å²) in [6.07, 6.45) is 0. The van der Waals surface area contributed by atoms with Crippen LogP contribution in [0.4, 0.5) is 10.1 Å². The van der Waals surface area contributed by atoms with Crippen molar-refractivity contribution < 1.29 is 4.39 Å². The molecule has 210 valence electrons. The highest BCUT2D eigenvalue weighted by Crippen LogP contribution is 2.38. The van der Waals surface area contributed by atoms with Crippen LogP contribution in [0.25, 0.3) is 26.3 Å². The van der Waals surface area contributed by atoms with Crippen molar-refractivity contribution in [3.05, 3.63) is 153 Å². The standard InChI is InChI=1S/C34H29FN4O2S/c1-37(20-23-10-4-2-5-11-23)22-28-30-32(40)39(27-13-6-3-7-14-27)34(41)38(21-25-12-8-9-15-29(25)35)33(30)42-31(28)24-16-18-26(36)19-17-24/h2-19H,20-22,36H2,1H3. The Kier molecular flexibility index (Phi) is 7.56. The second-order valence-electron chi connectivity index (χ2n) is 10.3. The molecule has 8 heteroatoms. The number of halogens is 1. The van der Waals surface area contributed by atoms with Crippen LogP contribution in [0.15, 0.2) is 119 Å². The summed E-state index contributed by atoms with van der Waals surface area (Å²) < 4.78 is 17.6. The Morgan fingerprint density at radius 3 is 2.14 bits per heavy atom. The molecule has 2 N–H and O–H groups in total. The van der Waals surface area contributed by atoms with E-state index in [0.29, 0.717) is 40.2 Å². The van der Waals surface area contributed by atoms with E-state index in [1.165, 1.54) is 26.5 Å². The molecule has 6 rings (SSSR count). The third-order valence-corrected chi connectivity index (χ3v) is 8.57. The van der Waals surface area contributed by atoms with Gasteiger partial charge in [0.25, 0.3) is 5.56 Å². The molecule has 0 saturated carbocycles. The summed E-state index contributed by atoms with van der Waals surface area (Å²) in [5.74, 6) is -0.409. The first kappa shape index (κ1) is 27.4. The molecule has 0 saturated heterocycles. The Balaban J connectivity index is 1.63. The van der Waals surface area contributed by atoms with Crippen molar-refractivity contribution in [3.8, 4) is 16.1 Å². The fourth-order valence-electron chi connectivity index (χ4n) is 5.25. The molecule has 4 aromatic carbocycles. The Morgan fingerprint density at radius 2 is 1.45 bits per heavy atom. The molecule has 0 unspecified atom stereocenters. The maximum absolute atomic E-state index is 14.9. The Labute approximate surface area is 246 Å². The molecule has 0 fully saturated rings. The molecule has 0 aliphatic carbocycles. The van der Waals surface area contributed by atoms with Gasteiger partial charge >= 0.3 is 5.69 Å². The van der Waals surface area contributed by atoms with Crippen molar-refractivity contribution in [1.29, 1.82) is 0 Å². The first-order valence-corrected chi connectivity index (χ1v) is 14.4. The number of aromatic nitrogens is 2. The molecule has 0 amide bonds. The van der Waals surface area contributed by atoms with E-state index in [9.17, 15) is 14.0 Å². The van der Waals surface area contributed by atoms with E-state index >= 15 is 0 Å². The van der Waals surface area contributed by atoms with Crippen LogP contribution >= 0.6 is 11.3 Å². The molecule has 0 bridgehead atoms. The van der Waals surface area contributed by atoms with Gasteiger partial charge in [-0.3, -0.25) is 14.3 Å². The molecule has 0 radical (unpaired) electrons. The normalized spacial score (nSPS) is 11.4. The van der Waals surface area contributed by atoms with E-state index < -0.39 is 17.1 Å². The number of thiophene rings is 1. The Morgan fingerprint density at radius 1 is 0.810 bits per heavy atom. The molecule has 0 spiro atoms. The van der Waals surface area contributed by atoms with Crippen LogP contribution in [0, 0.1) is 5.82 Å². The van der Waals surface area contributed by atoms with Gasteiger partial charge in [-0.1, -0.05) is 78.9 Å². The largest absolute Gasteiger partial charge is 0.399 e. The second kappa shape index (κ2) is 11.6. The van der Waals surface area contributed by atoms with Crippen LogP contribution in [0.3, 0.4) is 0 Å². The molecule has 42 heavy (non-hydrogen) atoms. The summed E-state index contributed by atoms with van der Waals surface area (Å²) in [6, 6.07) is 32.9. The minimum Gasteiger partial charge on any atom is -0.399 e. The number of fused-ring (bicyclic) bond motifs is 1. The van der Waals surface area contributed by atoms with Crippen LogP contribution in [0.1, 0.15) is 16.7 Å². The fourth-order valence-corrected chi connectivity index (χ4v) is 6.55. The quantitative estimate of drug-likeness (QED) is 0.217. The summed E-state index contributed by atoms with van der Waals surface area (Å²) in [6.45, 7) is 1.10. The molecule has 0 atom stereocenters. The summed E-state index contributed by atoms with van der Waals surface area (Å²) >= 11 is 1.37. The van der Waals surface area contributed by atoms with Gasteiger partial charge in [0.1, 0.15) is 10.6 Å². The minimum absolute atomic E-state index is 0.0178. The van der Waals surface area contributed by atoms with Crippen LogP contribution in [-0.2, 0) is 19.6 Å². The molecule has 0 aliphatic rings. The zero-order chi connectivity index (χ0) is 29.2. The Bertz CT molecular complexity index is 1980. The van der Waals surface area contributed by atoms with Crippen LogP contribution < -0.4 is 17.0 Å². The highest BCUT2D eigenvalue weighted by Gasteiger charge is 2.25. The predicted molar refractivity (Wildman–Crippen MR) is 169 cm³/mol. The van der Waals surface area contributed by atoms with E-state index in [4.69, 9.17) is 5.73 Å². The lowest BCUT2D eigenvalue weighted by Gasteiger charge is -2.18. The van der Waals surface area contributed by atoms with Gasteiger partial charge in [-0.2, -0.15) is 0 Å². The minimum atomic E-state index is -0.517. The molecule has 0 aliphatic heterocycles.